The lowest BCUT2D eigenvalue weighted by molar-refractivity contribution is -0.139. The van der Waals surface area contributed by atoms with Crippen LogP contribution in [0.15, 0.2) is 24.3 Å². The van der Waals surface area contributed by atoms with Gasteiger partial charge in [0, 0.05) is 20.0 Å². The summed E-state index contributed by atoms with van der Waals surface area (Å²) in [4.78, 5) is 24.4. The molecule has 0 radical (unpaired) electrons. The van der Waals surface area contributed by atoms with Gasteiger partial charge in [0.15, 0.2) is 6.61 Å². The predicted molar refractivity (Wildman–Crippen MR) is 89.3 cm³/mol. The maximum Gasteiger partial charge on any atom is 0.341 e. The number of carboxylic acids is 1. The fourth-order valence-electron chi connectivity index (χ4n) is 2.54. The van der Waals surface area contributed by atoms with E-state index in [1.54, 1.807) is 24.1 Å². The third-order valence-corrected chi connectivity index (χ3v) is 3.53. The van der Waals surface area contributed by atoms with E-state index in [2.05, 4.69) is 20.8 Å². The topological polar surface area (TPSA) is 66.8 Å². The molecule has 0 fully saturated rings. The molecular weight excluding hydrogens is 294 g/mol. The summed E-state index contributed by atoms with van der Waals surface area (Å²) < 4.78 is 5.08. The van der Waals surface area contributed by atoms with Crippen LogP contribution in [0.1, 0.15) is 39.2 Å². The molecule has 1 aromatic rings. The summed E-state index contributed by atoms with van der Waals surface area (Å²) in [5.74, 6) is 0.633. The second kappa shape index (κ2) is 9.18. The molecule has 0 bridgehead atoms. The number of carbonyl (C=O) groups excluding carboxylic acids is 1. The molecule has 1 amide bonds. The Morgan fingerprint density at radius 1 is 1.17 bits per heavy atom. The van der Waals surface area contributed by atoms with Gasteiger partial charge in [0.25, 0.3) is 0 Å². The third-order valence-electron chi connectivity index (χ3n) is 3.53. The van der Waals surface area contributed by atoms with Crippen molar-refractivity contribution in [3.8, 4) is 5.75 Å². The van der Waals surface area contributed by atoms with Gasteiger partial charge in [0.2, 0.25) is 5.91 Å². The molecule has 0 aromatic heterocycles. The van der Waals surface area contributed by atoms with E-state index < -0.39 is 5.97 Å². The number of aliphatic carboxylic acids is 1. The first-order valence-electron chi connectivity index (χ1n) is 7.95. The summed E-state index contributed by atoms with van der Waals surface area (Å²) in [6.07, 6.45) is 1.61. The van der Waals surface area contributed by atoms with Crippen LogP contribution in [0.3, 0.4) is 0 Å². The molecule has 23 heavy (non-hydrogen) atoms. The van der Waals surface area contributed by atoms with Crippen LogP contribution in [0.2, 0.25) is 0 Å². The van der Waals surface area contributed by atoms with E-state index in [-0.39, 0.29) is 12.5 Å². The Morgan fingerprint density at radius 2 is 1.78 bits per heavy atom. The molecule has 0 saturated carbocycles. The molecule has 0 aliphatic carbocycles. The largest absolute Gasteiger partial charge is 0.482 e. The Morgan fingerprint density at radius 3 is 2.30 bits per heavy atom. The number of carbonyl (C=O) groups is 2. The van der Waals surface area contributed by atoms with Crippen molar-refractivity contribution in [1.82, 2.24) is 4.90 Å². The molecule has 1 N–H and O–H groups in total. The number of carboxylic acid groups (broad SMARTS) is 1. The standard InChI is InChI=1S/C18H27NO4/c1-13(2)9-14(3)10-17(20)19(4)11-15-5-7-16(8-6-15)23-12-18(21)22/h5-8,13-14H,9-12H2,1-4H3,(H,21,22). The lowest BCUT2D eigenvalue weighted by Crippen LogP contribution is -2.27. The van der Waals surface area contributed by atoms with Crippen molar-refractivity contribution in [2.45, 2.75) is 40.2 Å². The highest BCUT2D eigenvalue weighted by atomic mass is 16.5. The minimum atomic E-state index is -1.00. The number of nitrogens with zero attached hydrogens (tertiary/aromatic N) is 1. The second-order valence-corrected chi connectivity index (χ2v) is 6.52. The van der Waals surface area contributed by atoms with Gasteiger partial charge in [-0.1, -0.05) is 32.9 Å². The van der Waals surface area contributed by atoms with Crippen molar-refractivity contribution in [2.75, 3.05) is 13.7 Å². The number of hydrogen-bond acceptors (Lipinski definition) is 3. The van der Waals surface area contributed by atoms with Crippen molar-refractivity contribution in [3.05, 3.63) is 29.8 Å². The molecule has 0 aliphatic heterocycles. The van der Waals surface area contributed by atoms with Gasteiger partial charge < -0.3 is 14.7 Å². The van der Waals surface area contributed by atoms with Crippen LogP contribution >= 0.6 is 0 Å². The van der Waals surface area contributed by atoms with E-state index in [0.717, 1.165) is 12.0 Å². The van der Waals surface area contributed by atoms with Crippen LogP contribution in [0.5, 0.6) is 5.75 Å². The van der Waals surface area contributed by atoms with Gasteiger partial charge in [-0.05, 0) is 36.0 Å². The molecule has 128 valence electrons. The van der Waals surface area contributed by atoms with E-state index >= 15 is 0 Å². The lowest BCUT2D eigenvalue weighted by Gasteiger charge is -2.20. The average molecular weight is 321 g/mol. The Labute approximate surface area is 138 Å². The molecule has 0 spiro atoms. The minimum absolute atomic E-state index is 0.143. The summed E-state index contributed by atoms with van der Waals surface area (Å²) in [7, 11) is 1.80. The van der Waals surface area contributed by atoms with Crippen LogP contribution in [-0.2, 0) is 16.1 Å². The fraction of sp³-hybridized carbons (Fsp3) is 0.556. The average Bonchev–Trinajstić information content (AvgIpc) is 2.45. The number of rotatable bonds is 9. The molecule has 0 aliphatic rings. The first-order valence-corrected chi connectivity index (χ1v) is 7.95. The third kappa shape index (κ3) is 7.68. The van der Waals surface area contributed by atoms with E-state index in [9.17, 15) is 9.59 Å². The predicted octanol–water partition coefficient (Wildman–Crippen LogP) is 3.18. The fourth-order valence-corrected chi connectivity index (χ4v) is 2.54. The first kappa shape index (κ1) is 19.0. The van der Waals surface area contributed by atoms with E-state index in [1.807, 2.05) is 12.1 Å². The van der Waals surface area contributed by atoms with Gasteiger partial charge in [-0.3, -0.25) is 4.79 Å². The molecular formula is C18H27NO4. The Hall–Kier alpha value is -2.04. The van der Waals surface area contributed by atoms with Crippen LogP contribution in [0.4, 0.5) is 0 Å². The zero-order chi connectivity index (χ0) is 17.4. The molecule has 5 heteroatoms. The highest BCUT2D eigenvalue weighted by Crippen LogP contribution is 2.17. The first-order chi connectivity index (χ1) is 10.8. The monoisotopic (exact) mass is 321 g/mol. The summed E-state index contributed by atoms with van der Waals surface area (Å²) in [6.45, 7) is 6.62. The smallest absolute Gasteiger partial charge is 0.341 e. The highest BCUT2D eigenvalue weighted by Gasteiger charge is 2.14. The summed E-state index contributed by atoms with van der Waals surface area (Å²) >= 11 is 0. The quantitative estimate of drug-likeness (QED) is 0.758. The molecule has 0 heterocycles. The van der Waals surface area contributed by atoms with Crippen molar-refractivity contribution in [2.24, 2.45) is 11.8 Å². The molecule has 1 rings (SSSR count). The normalized spacial score (nSPS) is 12.0. The zero-order valence-corrected chi connectivity index (χ0v) is 14.4. The van der Waals surface area contributed by atoms with Gasteiger partial charge in [0.1, 0.15) is 5.75 Å². The lowest BCUT2D eigenvalue weighted by atomic mass is 9.95. The van der Waals surface area contributed by atoms with E-state index in [0.29, 0.717) is 30.6 Å². The Kier molecular flexibility index (Phi) is 7.59. The Bertz CT molecular complexity index is 510. The van der Waals surface area contributed by atoms with Gasteiger partial charge in [0.05, 0.1) is 0 Å². The molecule has 5 nitrogen and oxygen atoms in total. The maximum atomic E-state index is 12.2. The Balaban J connectivity index is 2.48. The molecule has 0 saturated heterocycles. The van der Waals surface area contributed by atoms with Gasteiger partial charge in [-0.25, -0.2) is 4.79 Å². The number of amides is 1. The van der Waals surface area contributed by atoms with Crippen LogP contribution in [0.25, 0.3) is 0 Å². The van der Waals surface area contributed by atoms with Crippen molar-refractivity contribution in [1.29, 1.82) is 0 Å². The molecule has 1 unspecified atom stereocenters. The van der Waals surface area contributed by atoms with Gasteiger partial charge in [-0.15, -0.1) is 0 Å². The maximum absolute atomic E-state index is 12.2. The van der Waals surface area contributed by atoms with E-state index in [4.69, 9.17) is 9.84 Å². The zero-order valence-electron chi connectivity index (χ0n) is 14.4. The van der Waals surface area contributed by atoms with Gasteiger partial charge >= 0.3 is 5.97 Å². The second-order valence-electron chi connectivity index (χ2n) is 6.52. The van der Waals surface area contributed by atoms with Crippen LogP contribution in [-0.4, -0.2) is 35.5 Å². The van der Waals surface area contributed by atoms with Crippen LogP contribution < -0.4 is 4.74 Å². The number of benzene rings is 1. The number of ether oxygens (including phenoxy) is 1. The van der Waals surface area contributed by atoms with Crippen LogP contribution in [0, 0.1) is 11.8 Å². The summed E-state index contributed by atoms with van der Waals surface area (Å²) in [5.41, 5.74) is 0.986. The SMILES string of the molecule is CC(C)CC(C)CC(=O)N(C)Cc1ccc(OCC(=O)O)cc1. The van der Waals surface area contributed by atoms with Gasteiger partial charge in [-0.2, -0.15) is 0 Å². The minimum Gasteiger partial charge on any atom is -0.482 e. The van der Waals surface area contributed by atoms with Crippen molar-refractivity contribution >= 4 is 11.9 Å². The van der Waals surface area contributed by atoms with Crippen molar-refractivity contribution < 1.29 is 19.4 Å². The highest BCUT2D eigenvalue weighted by molar-refractivity contribution is 5.76. The summed E-state index contributed by atoms with van der Waals surface area (Å²) in [5, 5.41) is 8.57. The molecule has 1 aromatic carbocycles. The summed E-state index contributed by atoms with van der Waals surface area (Å²) in [6, 6.07) is 7.13. The number of hydrogen-bond donors (Lipinski definition) is 1. The molecule has 1 atom stereocenters. The van der Waals surface area contributed by atoms with Crippen molar-refractivity contribution in [3.63, 3.8) is 0 Å². The van der Waals surface area contributed by atoms with E-state index in [1.165, 1.54) is 0 Å².